The number of aromatic nitrogens is 1. The van der Waals surface area contributed by atoms with Crippen LogP contribution >= 0.6 is 0 Å². The highest BCUT2D eigenvalue weighted by Gasteiger charge is 2.32. The second-order valence-corrected chi connectivity index (χ2v) is 5.98. The van der Waals surface area contributed by atoms with E-state index in [2.05, 4.69) is 46.3 Å². The van der Waals surface area contributed by atoms with Crippen LogP contribution in [0, 0.1) is 0 Å². The van der Waals surface area contributed by atoms with Crippen molar-refractivity contribution in [1.82, 2.24) is 9.88 Å². The number of piperidine rings is 1. The molecule has 2 aromatic rings. The van der Waals surface area contributed by atoms with Crippen molar-refractivity contribution in [3.63, 3.8) is 0 Å². The fourth-order valence-corrected chi connectivity index (χ4v) is 3.05. The van der Waals surface area contributed by atoms with E-state index in [0.717, 1.165) is 38.9 Å². The Hall–Kier alpha value is -1.71. The van der Waals surface area contributed by atoms with Gasteiger partial charge in [0.2, 0.25) is 0 Å². The number of benzene rings is 1. The molecule has 3 heteroatoms. The highest BCUT2D eigenvalue weighted by Crippen LogP contribution is 2.29. The van der Waals surface area contributed by atoms with Crippen LogP contribution in [0.5, 0.6) is 0 Å². The van der Waals surface area contributed by atoms with Crippen molar-refractivity contribution < 1.29 is 0 Å². The summed E-state index contributed by atoms with van der Waals surface area (Å²) in [6.45, 7) is 3.25. The highest BCUT2D eigenvalue weighted by atomic mass is 15.1. The minimum atomic E-state index is -0.197. The molecule has 0 saturated carbocycles. The molecule has 3 nitrogen and oxygen atoms in total. The van der Waals surface area contributed by atoms with Crippen molar-refractivity contribution in [3.05, 3.63) is 66.0 Å². The predicted octanol–water partition coefficient (Wildman–Crippen LogP) is 2.57. The summed E-state index contributed by atoms with van der Waals surface area (Å²) < 4.78 is 0. The molecule has 2 N–H and O–H groups in total. The first-order valence-corrected chi connectivity index (χ1v) is 7.72. The molecular formula is C18H23N3. The van der Waals surface area contributed by atoms with Gasteiger partial charge in [-0.2, -0.15) is 0 Å². The summed E-state index contributed by atoms with van der Waals surface area (Å²) in [5.74, 6) is 0. The maximum Gasteiger partial charge on any atom is 0.0449 e. The summed E-state index contributed by atoms with van der Waals surface area (Å²) in [5, 5.41) is 0. The van der Waals surface area contributed by atoms with E-state index in [-0.39, 0.29) is 5.54 Å². The third kappa shape index (κ3) is 3.49. The molecule has 1 fully saturated rings. The summed E-state index contributed by atoms with van der Waals surface area (Å²) in [5.41, 5.74) is 8.97. The van der Waals surface area contributed by atoms with Crippen molar-refractivity contribution in [2.45, 2.75) is 24.8 Å². The van der Waals surface area contributed by atoms with Gasteiger partial charge in [-0.3, -0.25) is 4.98 Å². The highest BCUT2D eigenvalue weighted by molar-refractivity contribution is 5.21. The third-order valence-electron chi connectivity index (χ3n) is 4.54. The Labute approximate surface area is 126 Å². The first kappa shape index (κ1) is 14.2. The molecule has 110 valence electrons. The van der Waals surface area contributed by atoms with E-state index in [1.54, 1.807) is 0 Å². The van der Waals surface area contributed by atoms with Gasteiger partial charge in [0.1, 0.15) is 0 Å². The molecule has 3 rings (SSSR count). The average molecular weight is 281 g/mol. The van der Waals surface area contributed by atoms with E-state index in [1.165, 1.54) is 11.1 Å². The Balaban J connectivity index is 1.53. The van der Waals surface area contributed by atoms with Crippen LogP contribution in [0.4, 0.5) is 0 Å². The Bertz CT molecular complexity index is 545. The van der Waals surface area contributed by atoms with Crippen molar-refractivity contribution in [3.8, 4) is 0 Å². The number of nitrogens with zero attached hydrogens (tertiary/aromatic N) is 2. The van der Waals surface area contributed by atoms with Crippen molar-refractivity contribution in [2.75, 3.05) is 19.6 Å². The molecule has 0 amide bonds. The predicted molar refractivity (Wildman–Crippen MR) is 85.9 cm³/mol. The van der Waals surface area contributed by atoms with Crippen LogP contribution in [0.25, 0.3) is 0 Å². The van der Waals surface area contributed by atoms with E-state index >= 15 is 0 Å². The standard InChI is InChI=1S/C18H23N3/c19-18(17-7-4-11-20-15-17)9-13-21(14-10-18)12-8-16-5-2-1-3-6-16/h1-7,11,15H,8-10,12-14,19H2. The van der Waals surface area contributed by atoms with E-state index < -0.39 is 0 Å². The molecular weight excluding hydrogens is 258 g/mol. The first-order chi connectivity index (χ1) is 10.3. The fraction of sp³-hybridized carbons (Fsp3) is 0.389. The third-order valence-corrected chi connectivity index (χ3v) is 4.54. The lowest BCUT2D eigenvalue weighted by molar-refractivity contribution is 0.163. The van der Waals surface area contributed by atoms with Gasteiger partial charge in [-0.1, -0.05) is 36.4 Å². The van der Waals surface area contributed by atoms with Crippen LogP contribution in [0.1, 0.15) is 24.0 Å². The lowest BCUT2D eigenvalue weighted by atomic mass is 9.82. The summed E-state index contributed by atoms with van der Waals surface area (Å²) in [7, 11) is 0. The molecule has 1 aromatic heterocycles. The largest absolute Gasteiger partial charge is 0.321 e. The minimum absolute atomic E-state index is 0.197. The van der Waals surface area contributed by atoms with Gasteiger partial charge in [0.25, 0.3) is 0 Å². The average Bonchev–Trinajstić information content (AvgIpc) is 2.56. The van der Waals surface area contributed by atoms with Crippen LogP contribution in [0.3, 0.4) is 0 Å². The SMILES string of the molecule is NC1(c2cccnc2)CCN(CCc2ccccc2)CC1. The number of hydrogen-bond acceptors (Lipinski definition) is 3. The molecule has 1 aromatic carbocycles. The number of likely N-dealkylation sites (tertiary alicyclic amines) is 1. The monoisotopic (exact) mass is 281 g/mol. The van der Waals surface area contributed by atoms with Crippen molar-refractivity contribution in [2.24, 2.45) is 5.73 Å². The second-order valence-electron chi connectivity index (χ2n) is 5.98. The van der Waals surface area contributed by atoms with Crippen LogP contribution in [-0.4, -0.2) is 29.5 Å². The lowest BCUT2D eigenvalue weighted by Crippen LogP contribution is -2.48. The van der Waals surface area contributed by atoms with Gasteiger partial charge in [0.05, 0.1) is 0 Å². The molecule has 0 radical (unpaired) electrons. The van der Waals surface area contributed by atoms with Gasteiger partial charge in [-0.25, -0.2) is 0 Å². The summed E-state index contributed by atoms with van der Waals surface area (Å²) >= 11 is 0. The molecule has 0 unspecified atom stereocenters. The van der Waals surface area contributed by atoms with Crippen LogP contribution in [0.15, 0.2) is 54.9 Å². The lowest BCUT2D eigenvalue weighted by Gasteiger charge is -2.39. The Morgan fingerprint density at radius 1 is 1.05 bits per heavy atom. The zero-order valence-corrected chi connectivity index (χ0v) is 12.4. The maximum atomic E-state index is 6.58. The molecule has 0 aliphatic carbocycles. The minimum Gasteiger partial charge on any atom is -0.321 e. The zero-order chi connectivity index (χ0) is 14.5. The Morgan fingerprint density at radius 2 is 1.81 bits per heavy atom. The van der Waals surface area contributed by atoms with Gasteiger partial charge < -0.3 is 10.6 Å². The molecule has 0 spiro atoms. The van der Waals surface area contributed by atoms with Crippen LogP contribution < -0.4 is 5.73 Å². The van der Waals surface area contributed by atoms with E-state index in [0.29, 0.717) is 0 Å². The van der Waals surface area contributed by atoms with Gasteiger partial charge >= 0.3 is 0 Å². The van der Waals surface area contributed by atoms with Crippen molar-refractivity contribution >= 4 is 0 Å². The quantitative estimate of drug-likeness (QED) is 0.936. The number of pyridine rings is 1. The smallest absolute Gasteiger partial charge is 0.0449 e. The van der Waals surface area contributed by atoms with Gasteiger partial charge in [0, 0.05) is 37.6 Å². The second kappa shape index (κ2) is 6.37. The molecule has 21 heavy (non-hydrogen) atoms. The van der Waals surface area contributed by atoms with Crippen LogP contribution in [-0.2, 0) is 12.0 Å². The topological polar surface area (TPSA) is 42.1 Å². The first-order valence-electron chi connectivity index (χ1n) is 7.72. The van der Waals surface area contributed by atoms with E-state index in [4.69, 9.17) is 5.73 Å². The maximum absolute atomic E-state index is 6.58. The number of rotatable bonds is 4. The van der Waals surface area contributed by atoms with Gasteiger partial charge in [0.15, 0.2) is 0 Å². The van der Waals surface area contributed by atoms with Crippen molar-refractivity contribution in [1.29, 1.82) is 0 Å². The molecule has 0 atom stereocenters. The van der Waals surface area contributed by atoms with Gasteiger partial charge in [-0.05, 0) is 36.5 Å². The van der Waals surface area contributed by atoms with E-state index in [9.17, 15) is 0 Å². The summed E-state index contributed by atoms with van der Waals surface area (Å²) in [4.78, 5) is 6.73. The van der Waals surface area contributed by atoms with Crippen LogP contribution in [0.2, 0.25) is 0 Å². The molecule has 0 bridgehead atoms. The summed E-state index contributed by atoms with van der Waals surface area (Å²) in [6.07, 6.45) is 6.85. The number of hydrogen-bond donors (Lipinski definition) is 1. The molecule has 1 saturated heterocycles. The summed E-state index contributed by atoms with van der Waals surface area (Å²) in [6, 6.07) is 14.8. The molecule has 1 aliphatic rings. The Morgan fingerprint density at radius 3 is 2.48 bits per heavy atom. The molecule has 1 aliphatic heterocycles. The normalized spacial score (nSPS) is 18.5. The van der Waals surface area contributed by atoms with Gasteiger partial charge in [-0.15, -0.1) is 0 Å². The Kier molecular flexibility index (Phi) is 4.32. The molecule has 2 heterocycles. The zero-order valence-electron chi connectivity index (χ0n) is 12.4. The number of nitrogens with two attached hydrogens (primary N) is 1. The fourth-order valence-electron chi connectivity index (χ4n) is 3.05. The van der Waals surface area contributed by atoms with E-state index in [1.807, 2.05) is 18.5 Å².